The maximum Gasteiger partial charge on any atom is 0.217 e. The van der Waals surface area contributed by atoms with Crippen LogP contribution in [0.1, 0.15) is 5.56 Å². The van der Waals surface area contributed by atoms with Crippen LogP contribution >= 0.6 is 34.8 Å². The highest BCUT2D eigenvalue weighted by molar-refractivity contribution is 7.97. The van der Waals surface area contributed by atoms with Gasteiger partial charge in [0.1, 0.15) is 4.36 Å². The van der Waals surface area contributed by atoms with Crippen molar-refractivity contribution < 1.29 is 8.42 Å². The van der Waals surface area contributed by atoms with E-state index in [2.05, 4.69) is 0 Å². The van der Waals surface area contributed by atoms with Gasteiger partial charge in [0.15, 0.2) is 0 Å². The van der Waals surface area contributed by atoms with Gasteiger partial charge in [-0.1, -0.05) is 59.1 Å². The molecule has 2 rings (SSSR count). The first-order chi connectivity index (χ1) is 9.41. The van der Waals surface area contributed by atoms with Crippen molar-refractivity contribution in [3.8, 4) is 0 Å². The van der Waals surface area contributed by atoms with Crippen LogP contribution in [0.4, 0.5) is 0 Å². The van der Waals surface area contributed by atoms with Crippen LogP contribution in [0, 0.1) is 0 Å². The summed E-state index contributed by atoms with van der Waals surface area (Å²) in [4.78, 5) is 0.140. The van der Waals surface area contributed by atoms with E-state index in [-0.39, 0.29) is 9.26 Å². The van der Waals surface area contributed by atoms with E-state index in [1.807, 2.05) is 0 Å². The maximum atomic E-state index is 12.2. The molecule has 0 radical (unpaired) electrons. The lowest BCUT2D eigenvalue weighted by Gasteiger charge is -2.03. The lowest BCUT2D eigenvalue weighted by molar-refractivity contribution is 0.604. The summed E-state index contributed by atoms with van der Waals surface area (Å²) in [5.41, 5.74) is 0.559. The second kappa shape index (κ2) is 6.19. The molecule has 2 nitrogen and oxygen atoms in total. The molecule has 6 heteroatoms. The smallest absolute Gasteiger partial charge is 0.217 e. The second-order valence-electron chi connectivity index (χ2n) is 3.94. The maximum absolute atomic E-state index is 12.2. The first kappa shape index (κ1) is 15.4. The van der Waals surface area contributed by atoms with E-state index >= 15 is 0 Å². The predicted molar refractivity (Wildman–Crippen MR) is 83.9 cm³/mol. The summed E-state index contributed by atoms with van der Waals surface area (Å²) in [6.07, 6.45) is 1.34. The molecule has 0 atom stereocenters. The summed E-state index contributed by atoms with van der Waals surface area (Å²) in [6.45, 7) is 0. The van der Waals surface area contributed by atoms with Gasteiger partial charge in [-0.15, -0.1) is 0 Å². The van der Waals surface area contributed by atoms with Crippen LogP contribution in [0.25, 0.3) is 6.08 Å². The summed E-state index contributed by atoms with van der Waals surface area (Å²) in [7, 11) is -3.71. The first-order valence-corrected chi connectivity index (χ1v) is 8.15. The highest BCUT2D eigenvalue weighted by Gasteiger charge is 2.18. The minimum Gasteiger partial charge on any atom is -0.218 e. The Balaban J connectivity index is 2.42. The van der Waals surface area contributed by atoms with Gasteiger partial charge < -0.3 is 0 Å². The summed E-state index contributed by atoms with van der Waals surface area (Å²) in [5.74, 6) is 0. The summed E-state index contributed by atoms with van der Waals surface area (Å²) in [5, 5.41) is 0.729. The Morgan fingerprint density at radius 1 is 0.950 bits per heavy atom. The molecule has 2 aromatic rings. The van der Waals surface area contributed by atoms with E-state index in [4.69, 9.17) is 34.8 Å². The number of halogens is 3. The van der Waals surface area contributed by atoms with E-state index in [1.54, 1.807) is 36.4 Å². The quantitative estimate of drug-likeness (QED) is 0.782. The van der Waals surface area contributed by atoms with Gasteiger partial charge in [0.25, 0.3) is 0 Å². The monoisotopic (exact) mass is 346 g/mol. The molecule has 0 heterocycles. The third-order valence-corrected chi connectivity index (χ3v) is 5.52. The normalized spacial score (nSPS) is 12.4. The van der Waals surface area contributed by atoms with Crippen molar-refractivity contribution in [3.63, 3.8) is 0 Å². The third-order valence-electron chi connectivity index (χ3n) is 2.53. The van der Waals surface area contributed by atoms with E-state index in [1.165, 1.54) is 18.2 Å². The molecule has 0 N–H and O–H groups in total. The van der Waals surface area contributed by atoms with Gasteiger partial charge in [-0.3, -0.25) is 0 Å². The van der Waals surface area contributed by atoms with Crippen LogP contribution in [0.2, 0.25) is 10.0 Å². The van der Waals surface area contributed by atoms with Crippen molar-refractivity contribution in [2.24, 2.45) is 0 Å². The van der Waals surface area contributed by atoms with Crippen molar-refractivity contribution >= 4 is 50.7 Å². The van der Waals surface area contributed by atoms with E-state index < -0.39 is 9.84 Å². The van der Waals surface area contributed by atoms with Gasteiger partial charge in [0.05, 0.1) is 14.9 Å². The zero-order valence-corrected chi connectivity index (χ0v) is 13.1. The predicted octanol–water partition coefficient (Wildman–Crippen LogP) is 5.00. The molecule has 0 spiro atoms. The van der Waals surface area contributed by atoms with Gasteiger partial charge in [0, 0.05) is 0 Å². The molecule has 0 aliphatic rings. The second-order valence-corrected chi connectivity index (χ2v) is 7.30. The van der Waals surface area contributed by atoms with Crippen molar-refractivity contribution in [1.29, 1.82) is 0 Å². The Morgan fingerprint density at radius 3 is 2.20 bits per heavy atom. The van der Waals surface area contributed by atoms with Crippen LogP contribution in [0.3, 0.4) is 0 Å². The molecule has 0 bridgehead atoms. The fourth-order valence-electron chi connectivity index (χ4n) is 1.52. The Kier molecular flexibility index (Phi) is 4.76. The number of hydrogen-bond donors (Lipinski definition) is 0. The van der Waals surface area contributed by atoms with Crippen molar-refractivity contribution in [2.45, 2.75) is 4.90 Å². The molecule has 0 unspecified atom stereocenters. The van der Waals surface area contributed by atoms with E-state index in [0.29, 0.717) is 15.6 Å². The molecule has 0 saturated carbocycles. The number of benzene rings is 2. The molecule has 0 aliphatic heterocycles. The first-order valence-electron chi connectivity index (χ1n) is 5.53. The minimum absolute atomic E-state index is 0.140. The molecular weight excluding hydrogens is 339 g/mol. The van der Waals surface area contributed by atoms with Crippen molar-refractivity contribution in [1.82, 2.24) is 0 Å². The molecule has 0 aromatic heterocycles. The number of sulfone groups is 1. The summed E-state index contributed by atoms with van der Waals surface area (Å²) >= 11 is 17.6. The molecule has 20 heavy (non-hydrogen) atoms. The lowest BCUT2D eigenvalue weighted by Crippen LogP contribution is -2.00. The van der Waals surface area contributed by atoms with Crippen LogP contribution in [0.15, 0.2) is 57.8 Å². The molecular formula is C14H9Cl3O2S. The van der Waals surface area contributed by atoms with Crippen LogP contribution < -0.4 is 0 Å². The fraction of sp³-hybridized carbons (Fsp3) is 0. The molecule has 0 amide bonds. The highest BCUT2D eigenvalue weighted by atomic mass is 35.5. The minimum atomic E-state index is -3.71. The summed E-state index contributed by atoms with van der Waals surface area (Å²) in [6, 6.07) is 12.7. The van der Waals surface area contributed by atoms with Gasteiger partial charge in [-0.2, -0.15) is 0 Å². The average molecular weight is 348 g/mol. The van der Waals surface area contributed by atoms with E-state index in [9.17, 15) is 8.42 Å². The Hall–Kier alpha value is -1.00. The van der Waals surface area contributed by atoms with Crippen molar-refractivity contribution in [2.75, 3.05) is 0 Å². The zero-order valence-electron chi connectivity index (χ0n) is 10.1. The zero-order chi connectivity index (χ0) is 14.8. The van der Waals surface area contributed by atoms with Crippen molar-refractivity contribution in [3.05, 3.63) is 68.5 Å². The Labute approximate surface area is 132 Å². The Morgan fingerprint density at radius 2 is 1.60 bits per heavy atom. The van der Waals surface area contributed by atoms with Crippen LogP contribution in [-0.2, 0) is 9.84 Å². The lowest BCUT2D eigenvalue weighted by atomic mass is 10.2. The largest absolute Gasteiger partial charge is 0.218 e. The molecule has 0 saturated heterocycles. The highest BCUT2D eigenvalue weighted by Crippen LogP contribution is 2.27. The van der Waals surface area contributed by atoms with Gasteiger partial charge in [-0.25, -0.2) is 8.42 Å². The topological polar surface area (TPSA) is 34.1 Å². The SMILES string of the molecule is O=S(=O)(/C(Cl)=C\c1ccc(Cl)c(Cl)c1)c1ccccc1. The standard InChI is InChI=1S/C14H9Cl3O2S/c15-12-7-6-10(8-13(12)16)9-14(17)20(18,19)11-4-2-1-3-5-11/h1-9H/b14-9-. The Bertz CT molecular complexity index is 753. The molecule has 2 aromatic carbocycles. The molecule has 104 valence electrons. The van der Waals surface area contributed by atoms with Crippen LogP contribution in [0.5, 0.6) is 0 Å². The molecule has 0 fully saturated rings. The van der Waals surface area contributed by atoms with Gasteiger partial charge in [0.2, 0.25) is 9.84 Å². The fourth-order valence-corrected chi connectivity index (χ4v) is 3.25. The van der Waals surface area contributed by atoms with Crippen LogP contribution in [-0.4, -0.2) is 8.42 Å². The summed E-state index contributed by atoms with van der Waals surface area (Å²) < 4.78 is 24.2. The van der Waals surface area contributed by atoms with Gasteiger partial charge in [-0.05, 0) is 35.9 Å². The number of rotatable bonds is 3. The van der Waals surface area contributed by atoms with Gasteiger partial charge >= 0.3 is 0 Å². The number of hydrogen-bond acceptors (Lipinski definition) is 2. The van der Waals surface area contributed by atoms with E-state index in [0.717, 1.165) is 0 Å². The average Bonchev–Trinajstić information content (AvgIpc) is 2.44. The molecule has 0 aliphatic carbocycles. The third kappa shape index (κ3) is 3.36.